The van der Waals surface area contributed by atoms with E-state index in [1.165, 1.54) is 50.7 Å². The maximum atomic E-state index is 13.2. The van der Waals surface area contributed by atoms with Crippen molar-refractivity contribution >= 4 is 23.9 Å². The second-order valence-electron chi connectivity index (χ2n) is 16.7. The van der Waals surface area contributed by atoms with Crippen LogP contribution in [0, 0.1) is 0 Å². The van der Waals surface area contributed by atoms with Crippen molar-refractivity contribution in [1.82, 2.24) is 19.9 Å². The highest BCUT2D eigenvalue weighted by molar-refractivity contribution is 5.91. The predicted molar refractivity (Wildman–Crippen MR) is 262 cm³/mol. The molecule has 1 aliphatic rings. The molecule has 3 heterocycles. The molecule has 0 radical (unpaired) electrons. The average Bonchev–Trinajstić information content (AvgIpc) is 3.39. The van der Waals surface area contributed by atoms with E-state index in [1.807, 2.05) is 0 Å². The predicted octanol–water partition coefficient (Wildman–Crippen LogP) is 10.6. The highest BCUT2D eigenvalue weighted by Crippen LogP contribution is 2.23. The van der Waals surface area contributed by atoms with Crippen molar-refractivity contribution in [2.24, 2.45) is 0 Å². The molecule has 0 aliphatic carbocycles. The molecule has 0 amide bonds. The third-order valence-corrected chi connectivity index (χ3v) is 11.3. The molecule has 70 heavy (non-hydrogen) atoms. The van der Waals surface area contributed by atoms with E-state index in [0.717, 1.165) is 77.0 Å². The Kier molecular flexibility index (Phi) is 25.1. The van der Waals surface area contributed by atoms with Crippen LogP contribution < -0.4 is 9.47 Å². The molecule has 2 atom stereocenters. The van der Waals surface area contributed by atoms with Gasteiger partial charge in [0.25, 0.3) is 12.6 Å². The third-order valence-electron chi connectivity index (χ3n) is 11.3. The SMILES string of the molecule is C=CC(=O)OCCCCCCCCCCCOc1cnc(-c2ccc(C(=O)O[C@@H]3OCCO[C@H]3OC(=O)c3ccc(-c4ncc(OCCCCCCCCCCCOC(=O)C=C)cn4)cc3)cc2)nc1. The summed E-state index contributed by atoms with van der Waals surface area (Å²) in [5, 5.41) is 0. The van der Waals surface area contributed by atoms with Crippen LogP contribution in [-0.2, 0) is 38.0 Å². The largest absolute Gasteiger partial charge is 0.490 e. The van der Waals surface area contributed by atoms with Crippen molar-refractivity contribution < 1.29 is 57.1 Å². The van der Waals surface area contributed by atoms with E-state index >= 15 is 0 Å². The summed E-state index contributed by atoms with van der Waals surface area (Å²) >= 11 is 0. The van der Waals surface area contributed by atoms with E-state index in [1.54, 1.807) is 73.3 Å². The maximum Gasteiger partial charge on any atom is 0.340 e. The Balaban J connectivity index is 0.941. The number of hydrogen-bond acceptors (Lipinski definition) is 16. The van der Waals surface area contributed by atoms with Crippen LogP contribution in [0.4, 0.5) is 0 Å². The topological polar surface area (TPSA) is 194 Å². The number of nitrogens with zero attached hydrogens (tertiary/aromatic N) is 4. The van der Waals surface area contributed by atoms with Gasteiger partial charge in [0.1, 0.15) is 0 Å². The van der Waals surface area contributed by atoms with Crippen LogP contribution in [0.3, 0.4) is 0 Å². The lowest BCUT2D eigenvalue weighted by atomic mass is 10.1. The van der Waals surface area contributed by atoms with Gasteiger partial charge in [-0.25, -0.2) is 39.1 Å². The van der Waals surface area contributed by atoms with Gasteiger partial charge < -0.3 is 37.9 Å². The van der Waals surface area contributed by atoms with Gasteiger partial charge in [-0.3, -0.25) is 0 Å². The maximum absolute atomic E-state index is 13.2. The van der Waals surface area contributed by atoms with Gasteiger partial charge in [0, 0.05) is 23.3 Å². The molecule has 1 fully saturated rings. The van der Waals surface area contributed by atoms with Gasteiger partial charge in [0.2, 0.25) is 0 Å². The number of hydrogen-bond donors (Lipinski definition) is 0. The number of ether oxygens (including phenoxy) is 8. The zero-order chi connectivity index (χ0) is 49.4. The Labute approximate surface area is 411 Å². The van der Waals surface area contributed by atoms with Crippen LogP contribution in [0.25, 0.3) is 22.8 Å². The number of benzene rings is 2. The Hall–Kier alpha value is -6.52. The van der Waals surface area contributed by atoms with E-state index in [9.17, 15) is 19.2 Å². The fourth-order valence-electron chi connectivity index (χ4n) is 7.33. The molecule has 4 aromatic rings. The van der Waals surface area contributed by atoms with Gasteiger partial charge in [0.15, 0.2) is 23.1 Å². The van der Waals surface area contributed by atoms with Gasteiger partial charge in [0.05, 0.1) is 75.6 Å². The molecular weight excluding hydrogens is 897 g/mol. The van der Waals surface area contributed by atoms with Gasteiger partial charge >= 0.3 is 23.9 Å². The minimum Gasteiger partial charge on any atom is -0.490 e. The molecule has 0 bridgehead atoms. The van der Waals surface area contributed by atoms with Crippen molar-refractivity contribution in [1.29, 1.82) is 0 Å². The Morgan fingerprint density at radius 2 is 0.757 bits per heavy atom. The van der Waals surface area contributed by atoms with Crippen LogP contribution in [-0.4, -0.2) is 96.0 Å². The first-order chi connectivity index (χ1) is 34.3. The van der Waals surface area contributed by atoms with Gasteiger partial charge in [-0.2, -0.15) is 0 Å². The molecule has 1 saturated heterocycles. The molecule has 16 nitrogen and oxygen atoms in total. The molecule has 0 N–H and O–H groups in total. The monoisotopic (exact) mass is 964 g/mol. The Bertz CT molecular complexity index is 2010. The van der Waals surface area contributed by atoms with Crippen LogP contribution in [0.5, 0.6) is 11.5 Å². The number of rotatable bonds is 34. The normalized spacial score (nSPS) is 14.2. The number of unbranched alkanes of at least 4 members (excludes halogenated alkanes) is 16. The van der Waals surface area contributed by atoms with Crippen molar-refractivity contribution in [3.8, 4) is 34.3 Å². The van der Waals surface area contributed by atoms with E-state index in [2.05, 4.69) is 33.1 Å². The van der Waals surface area contributed by atoms with Crippen molar-refractivity contribution in [2.45, 2.75) is 128 Å². The van der Waals surface area contributed by atoms with Gasteiger partial charge in [-0.1, -0.05) is 127 Å². The lowest BCUT2D eigenvalue weighted by molar-refractivity contribution is -0.288. The first-order valence-electron chi connectivity index (χ1n) is 24.7. The highest BCUT2D eigenvalue weighted by atomic mass is 16.8. The number of esters is 4. The zero-order valence-electron chi connectivity index (χ0n) is 40.3. The fraction of sp³-hybridized carbons (Fsp3) is 0.481. The van der Waals surface area contributed by atoms with Gasteiger partial charge in [-0.15, -0.1) is 0 Å². The summed E-state index contributed by atoms with van der Waals surface area (Å²) in [6.07, 6.45) is 26.1. The molecule has 1 aliphatic heterocycles. The Morgan fingerprint density at radius 1 is 0.457 bits per heavy atom. The second kappa shape index (κ2) is 32.3. The van der Waals surface area contributed by atoms with Crippen molar-refractivity contribution in [3.05, 3.63) is 110 Å². The molecule has 2 aromatic carbocycles. The summed E-state index contributed by atoms with van der Waals surface area (Å²) in [6, 6.07) is 13.2. The van der Waals surface area contributed by atoms with Crippen LogP contribution in [0.1, 0.15) is 136 Å². The summed E-state index contributed by atoms with van der Waals surface area (Å²) in [4.78, 5) is 66.2. The van der Waals surface area contributed by atoms with Crippen LogP contribution in [0.2, 0.25) is 0 Å². The smallest absolute Gasteiger partial charge is 0.340 e. The molecular formula is C54H68N4O12. The van der Waals surface area contributed by atoms with Crippen LogP contribution >= 0.6 is 0 Å². The van der Waals surface area contributed by atoms with E-state index < -0.39 is 24.5 Å². The van der Waals surface area contributed by atoms with Crippen molar-refractivity contribution in [3.63, 3.8) is 0 Å². The highest BCUT2D eigenvalue weighted by Gasteiger charge is 2.34. The minimum absolute atomic E-state index is 0.143. The van der Waals surface area contributed by atoms with Gasteiger partial charge in [-0.05, 0) is 49.9 Å². The molecule has 376 valence electrons. The summed E-state index contributed by atoms with van der Waals surface area (Å²) < 4.78 is 44.1. The molecule has 16 heteroatoms. The molecule has 0 unspecified atom stereocenters. The van der Waals surface area contributed by atoms with E-state index in [0.29, 0.717) is 60.7 Å². The first-order valence-corrected chi connectivity index (χ1v) is 24.7. The number of carbonyl (C=O) groups is 4. The van der Waals surface area contributed by atoms with E-state index in [4.69, 9.17) is 37.9 Å². The lowest BCUT2D eigenvalue weighted by Gasteiger charge is -2.30. The third kappa shape index (κ3) is 20.6. The summed E-state index contributed by atoms with van der Waals surface area (Å²) in [5.41, 5.74) is 1.89. The Morgan fingerprint density at radius 3 is 1.07 bits per heavy atom. The summed E-state index contributed by atoms with van der Waals surface area (Å²) in [6.45, 7) is 9.16. The van der Waals surface area contributed by atoms with Crippen LogP contribution in [0.15, 0.2) is 98.6 Å². The number of aromatic nitrogens is 4. The number of carbonyl (C=O) groups excluding carboxylic acids is 4. The molecule has 5 rings (SSSR count). The molecule has 0 saturated carbocycles. The van der Waals surface area contributed by atoms with Crippen molar-refractivity contribution in [2.75, 3.05) is 39.6 Å². The van der Waals surface area contributed by atoms with E-state index in [-0.39, 0.29) is 36.3 Å². The summed E-state index contributed by atoms with van der Waals surface area (Å²) in [7, 11) is 0. The molecule has 2 aromatic heterocycles. The quantitative estimate of drug-likeness (QED) is 0.0185. The average molecular weight is 965 g/mol. The zero-order valence-corrected chi connectivity index (χ0v) is 40.3. The standard InChI is InChI=1S/C54H68N4O12/c1-3-47(59)65-33-21-17-13-9-5-7-11-15-19-31-63-45-37-55-49(56-38-45)41-23-27-43(28-24-41)51(61)69-53-54(68-36-35-67-53)70-52(62)44-29-25-42(26-30-44)50-57-39-46(40-58-50)64-32-20-16-12-8-6-10-14-18-22-34-66-48(60)4-2/h3-4,23-30,37-40,53-54H,1-2,5-22,31-36H2/t53-,54-/m0/s1. The first kappa shape index (κ1) is 54.4. The lowest BCUT2D eigenvalue weighted by Crippen LogP contribution is -2.44. The minimum atomic E-state index is -1.28. The summed E-state index contributed by atoms with van der Waals surface area (Å²) in [5.74, 6) is 0.0232. The second-order valence-corrected chi connectivity index (χ2v) is 16.7. The molecule has 0 spiro atoms. The fourth-order valence-corrected chi connectivity index (χ4v) is 7.33.